The summed E-state index contributed by atoms with van der Waals surface area (Å²) in [5.74, 6) is 2.56. The standard InChI is InChI=1S/C14H20O2/c1-5-12(2)11-13(15-4)16-14(3)9-7-6-8-10-14/h1,7,9,11,13H,6,8,10H2,2-4H3/b12-11+. The molecule has 0 N–H and O–H groups in total. The summed E-state index contributed by atoms with van der Waals surface area (Å²) >= 11 is 0. The Morgan fingerprint density at radius 3 is 2.88 bits per heavy atom. The number of hydrogen-bond acceptors (Lipinski definition) is 2. The average molecular weight is 220 g/mol. The highest BCUT2D eigenvalue weighted by Crippen LogP contribution is 2.27. The van der Waals surface area contributed by atoms with Gasteiger partial charge in [0.1, 0.15) is 0 Å². The Morgan fingerprint density at radius 2 is 2.38 bits per heavy atom. The Labute approximate surface area is 98.3 Å². The lowest BCUT2D eigenvalue weighted by Crippen LogP contribution is -2.33. The molecule has 0 aliphatic heterocycles. The van der Waals surface area contributed by atoms with E-state index in [1.54, 1.807) is 7.11 Å². The first-order chi connectivity index (χ1) is 7.59. The van der Waals surface area contributed by atoms with Gasteiger partial charge in [0, 0.05) is 7.11 Å². The number of ether oxygens (including phenoxy) is 2. The van der Waals surface area contributed by atoms with Crippen LogP contribution in [0.3, 0.4) is 0 Å². The van der Waals surface area contributed by atoms with Gasteiger partial charge in [-0.05, 0) is 44.8 Å². The van der Waals surface area contributed by atoms with Crippen LogP contribution in [-0.2, 0) is 9.47 Å². The van der Waals surface area contributed by atoms with Gasteiger partial charge in [-0.2, -0.15) is 0 Å². The largest absolute Gasteiger partial charge is 0.352 e. The molecule has 0 aromatic carbocycles. The molecule has 0 aromatic heterocycles. The second-order valence-corrected chi connectivity index (χ2v) is 4.32. The van der Waals surface area contributed by atoms with Gasteiger partial charge in [-0.1, -0.05) is 18.1 Å². The van der Waals surface area contributed by atoms with Crippen LogP contribution in [0, 0.1) is 12.3 Å². The number of allylic oxidation sites excluding steroid dienone is 2. The van der Waals surface area contributed by atoms with Gasteiger partial charge in [0.15, 0.2) is 6.29 Å². The molecule has 1 aliphatic rings. The fraction of sp³-hybridized carbons (Fsp3) is 0.571. The first kappa shape index (κ1) is 13.0. The third kappa shape index (κ3) is 3.84. The number of terminal acetylenes is 1. The maximum absolute atomic E-state index is 5.92. The molecule has 0 saturated heterocycles. The lowest BCUT2D eigenvalue weighted by molar-refractivity contribution is -0.154. The Morgan fingerprint density at radius 1 is 1.62 bits per heavy atom. The fourth-order valence-corrected chi connectivity index (χ4v) is 1.75. The van der Waals surface area contributed by atoms with Gasteiger partial charge in [-0.15, -0.1) is 6.42 Å². The summed E-state index contributed by atoms with van der Waals surface area (Å²) in [6, 6.07) is 0. The Balaban J connectivity index is 2.66. The van der Waals surface area contributed by atoms with Crippen molar-refractivity contribution in [3.63, 3.8) is 0 Å². The van der Waals surface area contributed by atoms with Crippen molar-refractivity contribution in [2.24, 2.45) is 0 Å². The summed E-state index contributed by atoms with van der Waals surface area (Å²) in [6.07, 6.45) is 14.3. The van der Waals surface area contributed by atoms with Crippen LogP contribution in [0.5, 0.6) is 0 Å². The quantitative estimate of drug-likeness (QED) is 0.412. The van der Waals surface area contributed by atoms with Crippen LogP contribution < -0.4 is 0 Å². The highest BCUT2D eigenvalue weighted by Gasteiger charge is 2.26. The van der Waals surface area contributed by atoms with E-state index in [-0.39, 0.29) is 11.9 Å². The molecular weight excluding hydrogens is 200 g/mol. The van der Waals surface area contributed by atoms with Crippen molar-refractivity contribution in [3.05, 3.63) is 23.8 Å². The van der Waals surface area contributed by atoms with Gasteiger partial charge < -0.3 is 9.47 Å². The molecular formula is C14H20O2. The van der Waals surface area contributed by atoms with E-state index in [1.807, 2.05) is 13.0 Å². The lowest BCUT2D eigenvalue weighted by Gasteiger charge is -2.32. The van der Waals surface area contributed by atoms with Crippen molar-refractivity contribution in [2.45, 2.75) is 45.0 Å². The van der Waals surface area contributed by atoms with Crippen molar-refractivity contribution < 1.29 is 9.47 Å². The van der Waals surface area contributed by atoms with Crippen LogP contribution in [0.25, 0.3) is 0 Å². The molecule has 0 fully saturated rings. The zero-order valence-electron chi connectivity index (χ0n) is 10.3. The number of rotatable bonds is 4. The summed E-state index contributed by atoms with van der Waals surface area (Å²) in [4.78, 5) is 0. The smallest absolute Gasteiger partial charge is 0.178 e. The Hall–Kier alpha value is -1.04. The van der Waals surface area contributed by atoms with E-state index in [0.29, 0.717) is 0 Å². The molecule has 0 amide bonds. The highest BCUT2D eigenvalue weighted by molar-refractivity contribution is 5.23. The summed E-state index contributed by atoms with van der Waals surface area (Å²) in [5.41, 5.74) is 0.597. The van der Waals surface area contributed by atoms with Crippen LogP contribution in [0.4, 0.5) is 0 Å². The number of methoxy groups -OCH3 is 1. The van der Waals surface area contributed by atoms with Gasteiger partial charge in [0.2, 0.25) is 0 Å². The van der Waals surface area contributed by atoms with Gasteiger partial charge in [0.25, 0.3) is 0 Å². The Bertz CT molecular complexity index is 322. The molecule has 2 unspecified atom stereocenters. The Kier molecular flexibility index (Phi) is 4.79. The van der Waals surface area contributed by atoms with E-state index < -0.39 is 0 Å². The average Bonchev–Trinajstić information content (AvgIpc) is 2.28. The van der Waals surface area contributed by atoms with Crippen molar-refractivity contribution in [1.29, 1.82) is 0 Å². The molecule has 16 heavy (non-hydrogen) atoms. The zero-order valence-corrected chi connectivity index (χ0v) is 10.3. The second kappa shape index (κ2) is 5.89. The zero-order chi connectivity index (χ0) is 12.0. The maximum atomic E-state index is 5.92. The molecule has 2 heteroatoms. The first-order valence-corrected chi connectivity index (χ1v) is 5.63. The molecule has 1 aliphatic carbocycles. The summed E-state index contributed by atoms with van der Waals surface area (Å²) < 4.78 is 11.2. The van der Waals surface area contributed by atoms with E-state index in [1.165, 1.54) is 0 Å². The lowest BCUT2D eigenvalue weighted by atomic mass is 9.93. The van der Waals surface area contributed by atoms with Gasteiger partial charge >= 0.3 is 0 Å². The van der Waals surface area contributed by atoms with Gasteiger partial charge in [-0.3, -0.25) is 0 Å². The SMILES string of the molecule is C#C/C(C)=C/C(OC)OC1(C)C=CCCC1. The summed E-state index contributed by atoms with van der Waals surface area (Å²) in [6.45, 7) is 3.95. The molecule has 0 heterocycles. The van der Waals surface area contributed by atoms with Crippen LogP contribution in [0.1, 0.15) is 33.1 Å². The maximum Gasteiger partial charge on any atom is 0.178 e. The van der Waals surface area contributed by atoms with Crippen molar-refractivity contribution in [1.82, 2.24) is 0 Å². The molecule has 0 spiro atoms. The number of hydrogen-bond donors (Lipinski definition) is 0. The fourth-order valence-electron chi connectivity index (χ4n) is 1.75. The molecule has 2 atom stereocenters. The minimum atomic E-state index is -0.371. The predicted octanol–water partition coefficient (Wildman–Crippen LogP) is 3.05. The van der Waals surface area contributed by atoms with Crippen molar-refractivity contribution >= 4 is 0 Å². The van der Waals surface area contributed by atoms with Crippen LogP contribution in [0.15, 0.2) is 23.8 Å². The van der Waals surface area contributed by atoms with E-state index in [4.69, 9.17) is 15.9 Å². The van der Waals surface area contributed by atoms with E-state index >= 15 is 0 Å². The summed E-state index contributed by atoms with van der Waals surface area (Å²) in [5, 5.41) is 0. The van der Waals surface area contributed by atoms with Gasteiger partial charge in [-0.25, -0.2) is 0 Å². The van der Waals surface area contributed by atoms with E-state index in [9.17, 15) is 0 Å². The van der Waals surface area contributed by atoms with Gasteiger partial charge in [0.05, 0.1) is 5.60 Å². The van der Waals surface area contributed by atoms with Crippen LogP contribution in [0.2, 0.25) is 0 Å². The highest BCUT2D eigenvalue weighted by atomic mass is 16.7. The third-order valence-corrected chi connectivity index (χ3v) is 2.75. The summed E-state index contributed by atoms with van der Waals surface area (Å²) in [7, 11) is 1.63. The minimum Gasteiger partial charge on any atom is -0.352 e. The molecule has 0 saturated carbocycles. The molecule has 1 rings (SSSR count). The van der Waals surface area contributed by atoms with Crippen LogP contribution >= 0.6 is 0 Å². The van der Waals surface area contributed by atoms with E-state index in [0.717, 1.165) is 24.8 Å². The first-order valence-electron chi connectivity index (χ1n) is 5.63. The molecule has 0 bridgehead atoms. The third-order valence-electron chi connectivity index (χ3n) is 2.75. The van der Waals surface area contributed by atoms with Crippen molar-refractivity contribution in [3.8, 4) is 12.3 Å². The molecule has 2 nitrogen and oxygen atoms in total. The molecule has 88 valence electrons. The monoisotopic (exact) mass is 220 g/mol. The second-order valence-electron chi connectivity index (χ2n) is 4.32. The predicted molar refractivity (Wildman–Crippen MR) is 65.9 cm³/mol. The van der Waals surface area contributed by atoms with E-state index in [2.05, 4.69) is 25.0 Å². The normalized spacial score (nSPS) is 27.5. The molecule has 0 aromatic rings. The molecule has 0 radical (unpaired) electrons. The van der Waals surface area contributed by atoms with Crippen molar-refractivity contribution in [2.75, 3.05) is 7.11 Å². The minimum absolute atomic E-state index is 0.232. The van der Waals surface area contributed by atoms with Crippen LogP contribution in [-0.4, -0.2) is 19.0 Å². The topological polar surface area (TPSA) is 18.5 Å².